The first kappa shape index (κ1) is 123. The normalized spacial score (nSPS) is 10.9. The third kappa shape index (κ3) is 36.3. The summed E-state index contributed by atoms with van der Waals surface area (Å²) in [6.45, 7) is 49.7. The van der Waals surface area contributed by atoms with Crippen molar-refractivity contribution in [3.63, 3.8) is 0 Å². The van der Waals surface area contributed by atoms with Crippen molar-refractivity contribution >= 4 is 138 Å². The van der Waals surface area contributed by atoms with Crippen LogP contribution in [0.25, 0.3) is 0 Å². The lowest BCUT2D eigenvalue weighted by molar-refractivity contribution is 0.269. The Morgan fingerprint density at radius 2 is 0.447 bits per heavy atom. The van der Waals surface area contributed by atoms with Crippen molar-refractivity contribution in [2.75, 3.05) is 81.2 Å². The third-order valence-corrected chi connectivity index (χ3v) is 28.3. The summed E-state index contributed by atoms with van der Waals surface area (Å²) in [5.74, 6) is 7.02. The Bertz CT molecular complexity index is 6340. The van der Waals surface area contributed by atoms with Crippen molar-refractivity contribution in [1.29, 1.82) is 0 Å². The summed E-state index contributed by atoms with van der Waals surface area (Å²) in [6.07, 6.45) is 9.04. The average molecular weight is 2150 g/mol. The van der Waals surface area contributed by atoms with E-state index in [1.54, 1.807) is 35.5 Å². The Kier molecular flexibility index (Phi) is 50.8. The lowest BCUT2D eigenvalue weighted by atomic mass is 10.0. The Labute approximate surface area is 925 Å². The Morgan fingerprint density at radius 1 is 0.233 bits per heavy atom. The molecule has 0 heterocycles. The Morgan fingerprint density at radius 3 is 0.707 bits per heavy atom. The van der Waals surface area contributed by atoms with E-state index >= 15 is 0 Å². The van der Waals surface area contributed by atoms with Gasteiger partial charge >= 0.3 is 0 Å². The third-order valence-electron chi connectivity index (χ3n) is 26.7. The predicted octanol–water partition coefficient (Wildman–Crippen LogP) is 30.7. The van der Waals surface area contributed by atoms with Crippen molar-refractivity contribution < 1.29 is 66.7 Å². The number of rotatable bonds is 35. The smallest absolute Gasteiger partial charge is 0.260 e. The SMILES string of the molecule is CCOc1cccc(NC(=S)OC)c1COc1cc(C)c(C)cc1CC.CCc1cc(C)c(C)cc1OCc1c(C)cccc1NC(=S)OC.CCc1cc(C)c(C)cc1OCc1c(C)cccc1NC(=S)OC.CCc1cc(C)c(C)cc1OCc1c(CC)cccc1NC(=S)OC.CCc1cc(C)c(C)cc1OCc1c(CO)cccc1NC(=S)OC.CCc1cc(C)c(C)cc1OCc1c(NC(=S)OC)cccc1C1CC1. The van der Waals surface area contributed by atoms with Gasteiger partial charge in [0.05, 0.1) is 67.1 Å². The average Bonchev–Trinajstić information content (AvgIpc) is 1.62. The van der Waals surface area contributed by atoms with Crippen LogP contribution in [0.5, 0.6) is 40.2 Å². The minimum absolute atomic E-state index is 0.0679. The van der Waals surface area contributed by atoms with E-state index in [9.17, 15) is 5.11 Å². The molecular weight excluding hydrogens is 1990 g/mol. The van der Waals surface area contributed by atoms with Crippen molar-refractivity contribution in [1.82, 2.24) is 0 Å². The zero-order chi connectivity index (χ0) is 110. The van der Waals surface area contributed by atoms with Crippen molar-refractivity contribution in [2.45, 2.75) is 262 Å². The molecule has 7 N–H and O–H groups in total. The maximum atomic E-state index is 9.67. The van der Waals surface area contributed by atoms with Crippen LogP contribution in [0.1, 0.15) is 235 Å². The second kappa shape index (κ2) is 62.2. The maximum absolute atomic E-state index is 9.67. The second-order valence-electron chi connectivity index (χ2n) is 36.8. The van der Waals surface area contributed by atoms with E-state index < -0.39 is 0 Å². The molecule has 1 saturated carbocycles. The zero-order valence-corrected chi connectivity index (χ0v) is 98.0. The van der Waals surface area contributed by atoms with E-state index in [2.05, 4.69) is 280 Å². The molecule has 20 nitrogen and oxygen atoms in total. The molecule has 0 spiro atoms. The van der Waals surface area contributed by atoms with Crippen molar-refractivity contribution in [2.24, 2.45) is 0 Å². The number of anilines is 6. The van der Waals surface area contributed by atoms with Crippen LogP contribution < -0.4 is 65.1 Å². The van der Waals surface area contributed by atoms with Gasteiger partial charge in [-0.1, -0.05) is 152 Å². The van der Waals surface area contributed by atoms with E-state index in [1.165, 1.54) is 137 Å². The molecule has 0 amide bonds. The molecule has 0 atom stereocenters. The van der Waals surface area contributed by atoms with Gasteiger partial charge in [0.15, 0.2) is 0 Å². The molecule has 150 heavy (non-hydrogen) atoms. The summed E-state index contributed by atoms with van der Waals surface area (Å²) >= 11 is 30.8. The van der Waals surface area contributed by atoms with Gasteiger partial charge in [-0.05, 0) is 448 Å². The molecule has 1 fully saturated rings. The quantitative estimate of drug-likeness (QED) is 0.0184. The molecule has 802 valence electrons. The van der Waals surface area contributed by atoms with Gasteiger partial charge in [0.2, 0.25) is 0 Å². The predicted molar refractivity (Wildman–Crippen MR) is 644 cm³/mol. The monoisotopic (exact) mass is 2150 g/mol. The first-order valence-corrected chi connectivity index (χ1v) is 53.7. The zero-order valence-electron chi connectivity index (χ0n) is 93.1. The maximum Gasteiger partial charge on any atom is 0.260 e. The topological polar surface area (TPSA) is 212 Å². The Balaban J connectivity index is 0.000000219. The fraction of sp³-hybridized carbons (Fsp3) is 0.371. The molecule has 1 aliphatic carbocycles. The van der Waals surface area contributed by atoms with E-state index in [4.69, 9.17) is 135 Å². The molecule has 0 aliphatic heterocycles. The van der Waals surface area contributed by atoms with E-state index in [-0.39, 0.29) is 11.8 Å². The number of benzene rings is 12. The van der Waals surface area contributed by atoms with E-state index in [1.807, 2.05) is 85.8 Å². The number of ether oxygens (including phenoxy) is 13. The van der Waals surface area contributed by atoms with Gasteiger partial charge in [0, 0.05) is 56.3 Å². The fourth-order valence-electron chi connectivity index (χ4n) is 16.6. The number of thiocarbonyl (C=S) groups is 6. The van der Waals surface area contributed by atoms with Crippen molar-refractivity contribution in [3.8, 4) is 40.2 Å². The molecule has 0 bridgehead atoms. The molecule has 0 radical (unpaired) electrons. The second-order valence-corrected chi connectivity index (χ2v) is 39.0. The highest BCUT2D eigenvalue weighted by Gasteiger charge is 2.29. The van der Waals surface area contributed by atoms with E-state index in [0.717, 1.165) is 164 Å². The van der Waals surface area contributed by atoms with Crippen LogP contribution in [0.15, 0.2) is 182 Å². The largest absolute Gasteiger partial charge is 0.493 e. The molecule has 0 aromatic heterocycles. The number of hydrogen-bond acceptors (Lipinski definition) is 20. The molecule has 26 heteroatoms. The highest BCUT2D eigenvalue weighted by atomic mass is 32.1. The molecule has 12 aromatic carbocycles. The van der Waals surface area contributed by atoms with Gasteiger partial charge in [-0.15, -0.1) is 0 Å². The Hall–Kier alpha value is -12.7. The van der Waals surface area contributed by atoms with Gasteiger partial charge in [0.1, 0.15) is 79.9 Å². The summed E-state index contributed by atoms with van der Waals surface area (Å²) in [6, 6.07) is 61.9. The van der Waals surface area contributed by atoms with Crippen LogP contribution in [0.3, 0.4) is 0 Å². The molecule has 12 aromatic rings. The molecule has 0 unspecified atom stereocenters. The van der Waals surface area contributed by atoms with Gasteiger partial charge in [0.25, 0.3) is 31.0 Å². The number of nitrogens with one attached hydrogen (secondary N) is 6. The first-order chi connectivity index (χ1) is 71.9. The van der Waals surface area contributed by atoms with Crippen LogP contribution in [0.2, 0.25) is 0 Å². The summed E-state index contributed by atoms with van der Waals surface area (Å²) in [4.78, 5) is 0. The lowest BCUT2D eigenvalue weighted by Crippen LogP contribution is -2.14. The molecule has 1 aliphatic rings. The van der Waals surface area contributed by atoms with Crippen LogP contribution in [0, 0.1) is 96.9 Å². The first-order valence-electron chi connectivity index (χ1n) is 51.3. The van der Waals surface area contributed by atoms with Gasteiger partial charge in [-0.3, -0.25) is 0 Å². The minimum Gasteiger partial charge on any atom is -0.493 e. The minimum atomic E-state index is -0.0679. The summed E-state index contributed by atoms with van der Waals surface area (Å²) < 4.78 is 73.4. The lowest BCUT2D eigenvalue weighted by Gasteiger charge is -2.18. The van der Waals surface area contributed by atoms with Gasteiger partial charge in [-0.25, -0.2) is 0 Å². The van der Waals surface area contributed by atoms with E-state index in [0.29, 0.717) is 78.0 Å². The summed E-state index contributed by atoms with van der Waals surface area (Å²) in [7, 11) is 9.33. The number of aryl methyl sites for hydroxylation is 21. The molecule has 13 rings (SSSR count). The number of aliphatic hydroxyl groups is 1. The molecular formula is C124H156N6O14S6. The summed E-state index contributed by atoms with van der Waals surface area (Å²) in [5, 5.41) is 30.4. The number of methoxy groups -OCH3 is 6. The summed E-state index contributed by atoms with van der Waals surface area (Å²) in [5.41, 5.74) is 39.7. The standard InChI is InChI=1S/C22H27NO2S.C21H27NO3S.C21H27NO2S.C20H25NO3S.2C20H25NO2S/c1-5-16-11-14(2)15(3)12-21(16)25-13-19-18(17-9-10-17)7-6-8-20(19)23-22(26)24-4;1-6-16-11-14(3)15(4)12-20(16)25-13-17-18(22-21(26)23-5)9-8-10-19(17)24-7-2;1-6-16-9-8-10-19(22-21(25)23-5)18(16)13-24-20-12-15(4)14(3)11-17(20)7-2;1-5-15-9-13(2)14(3)10-19(15)24-12-17-16(11-22)7-6-8-18(17)21-20(25)23-4;2*1-6-16-10-14(3)15(4)11-19(16)23-12-17-13(2)8-7-9-18(17)21-20(24)22-5/h6-8,11-12,17H,5,9-10,13H2,1-4H3,(H,23,26);8-12H,6-7,13H2,1-5H3,(H,22,26);8-12H,6-7,13H2,1-5H3,(H,22,25);6-10,22H,5,11-12H2,1-4H3,(H,21,25);2*7-11H,6,12H2,1-5H3,(H,21,24). The highest BCUT2D eigenvalue weighted by molar-refractivity contribution is 7.81. The van der Waals surface area contributed by atoms with Crippen LogP contribution in [0.4, 0.5) is 34.1 Å². The molecule has 0 saturated heterocycles. The van der Waals surface area contributed by atoms with Gasteiger partial charge in [-0.2, -0.15) is 0 Å². The number of hydrogen-bond donors (Lipinski definition) is 7. The highest BCUT2D eigenvalue weighted by Crippen LogP contribution is 2.45. The van der Waals surface area contributed by atoms with Crippen molar-refractivity contribution in [3.05, 3.63) is 343 Å². The van der Waals surface area contributed by atoms with Crippen LogP contribution in [-0.2, 0) is 120 Å². The van der Waals surface area contributed by atoms with Crippen LogP contribution in [-0.4, -0.2) is 85.4 Å². The number of aliphatic hydroxyl groups excluding tert-OH is 1. The van der Waals surface area contributed by atoms with Crippen LogP contribution >= 0.6 is 73.3 Å². The van der Waals surface area contributed by atoms with Gasteiger partial charge < -0.3 is 98.6 Å². The fourth-order valence-corrected chi connectivity index (χ4v) is 17.2.